The summed E-state index contributed by atoms with van der Waals surface area (Å²) >= 11 is 0. The highest BCUT2D eigenvalue weighted by atomic mass is 32.2. The van der Waals surface area contributed by atoms with Gasteiger partial charge in [0.25, 0.3) is 0 Å². The van der Waals surface area contributed by atoms with Crippen LogP contribution in [0.4, 0.5) is 0 Å². The Bertz CT molecular complexity index is 1230. The van der Waals surface area contributed by atoms with Crippen molar-refractivity contribution in [2.24, 2.45) is 17.0 Å². The fourth-order valence-corrected chi connectivity index (χ4v) is 6.42. The monoisotopic (exact) mass is 481 g/mol. The van der Waals surface area contributed by atoms with Crippen LogP contribution in [0.1, 0.15) is 56.2 Å². The summed E-state index contributed by atoms with van der Waals surface area (Å²) in [5, 5.41) is 23.4. The molecule has 4 N–H and O–H groups in total. The van der Waals surface area contributed by atoms with Gasteiger partial charge in [0, 0.05) is 35.5 Å². The highest BCUT2D eigenvalue weighted by Gasteiger charge is 2.28. The predicted octanol–water partition coefficient (Wildman–Crippen LogP) is 3.02. The van der Waals surface area contributed by atoms with Crippen molar-refractivity contribution in [2.45, 2.75) is 56.3 Å². The zero-order chi connectivity index (χ0) is 23.7. The minimum absolute atomic E-state index is 0.103. The van der Waals surface area contributed by atoms with Crippen LogP contribution in [-0.4, -0.2) is 47.1 Å². The van der Waals surface area contributed by atoms with E-state index in [1.54, 1.807) is 6.20 Å². The van der Waals surface area contributed by atoms with Crippen LogP contribution in [0.25, 0.3) is 22.5 Å². The molecule has 0 radical (unpaired) electrons. The van der Waals surface area contributed by atoms with Crippen molar-refractivity contribution in [2.75, 3.05) is 13.1 Å². The summed E-state index contributed by atoms with van der Waals surface area (Å²) in [6, 6.07) is 7.85. The van der Waals surface area contributed by atoms with Gasteiger partial charge in [0.1, 0.15) is 0 Å². The Morgan fingerprint density at radius 2 is 1.91 bits per heavy atom. The third kappa shape index (κ3) is 4.75. The number of nitrogens with two attached hydrogens (primary N) is 1. The summed E-state index contributed by atoms with van der Waals surface area (Å²) in [5.41, 5.74) is 3.65. The number of nitrogens with one attached hydrogen (secondary N) is 2. The molecular weight excluding hydrogens is 450 g/mol. The fourth-order valence-electron chi connectivity index (χ4n) is 5.41. The topological polar surface area (TPSA) is 140 Å². The second-order valence-electron chi connectivity index (χ2n) is 9.76. The van der Waals surface area contributed by atoms with Crippen LogP contribution in [-0.2, 0) is 16.4 Å². The van der Waals surface area contributed by atoms with Gasteiger partial charge in [-0.25, -0.2) is 18.7 Å². The third-order valence-electron chi connectivity index (χ3n) is 7.33. The van der Waals surface area contributed by atoms with Gasteiger partial charge in [-0.15, -0.1) is 5.10 Å². The number of hydrogen-bond acceptors (Lipinski definition) is 7. The van der Waals surface area contributed by atoms with Crippen molar-refractivity contribution < 1.29 is 8.42 Å². The van der Waals surface area contributed by atoms with Crippen LogP contribution in [0, 0.1) is 11.8 Å². The largest absolute Gasteiger partial charge is 0.316 e. The second-order valence-corrected chi connectivity index (χ2v) is 11.3. The van der Waals surface area contributed by atoms with E-state index in [1.165, 1.54) is 12.8 Å². The van der Waals surface area contributed by atoms with Crippen molar-refractivity contribution in [3.05, 3.63) is 41.7 Å². The molecule has 1 unspecified atom stereocenters. The van der Waals surface area contributed by atoms with Crippen molar-refractivity contribution in [3.8, 4) is 22.5 Å². The molecule has 180 valence electrons. The summed E-state index contributed by atoms with van der Waals surface area (Å²) in [6.45, 7) is 4.19. The lowest BCUT2D eigenvalue weighted by molar-refractivity contribution is 0.288. The molecule has 0 amide bonds. The van der Waals surface area contributed by atoms with E-state index in [2.05, 4.69) is 32.9 Å². The molecule has 2 aromatic heterocycles. The van der Waals surface area contributed by atoms with Crippen molar-refractivity contribution in [3.63, 3.8) is 0 Å². The number of aromatic nitrogens is 5. The van der Waals surface area contributed by atoms with Crippen LogP contribution >= 0.6 is 0 Å². The van der Waals surface area contributed by atoms with Crippen LogP contribution in [0.5, 0.6) is 0 Å². The Hall–Kier alpha value is -2.69. The average Bonchev–Trinajstić information content (AvgIpc) is 3.54. The van der Waals surface area contributed by atoms with E-state index in [0.29, 0.717) is 29.4 Å². The third-order valence-corrected chi connectivity index (χ3v) is 8.36. The summed E-state index contributed by atoms with van der Waals surface area (Å²) < 4.78 is 25.9. The molecule has 1 aliphatic carbocycles. The summed E-state index contributed by atoms with van der Waals surface area (Å²) in [4.78, 5) is 4.79. The van der Waals surface area contributed by atoms with E-state index in [0.717, 1.165) is 55.1 Å². The maximum absolute atomic E-state index is 12.9. The van der Waals surface area contributed by atoms with Crippen LogP contribution in [0.3, 0.4) is 0 Å². The van der Waals surface area contributed by atoms with E-state index < -0.39 is 10.0 Å². The lowest BCUT2D eigenvalue weighted by Crippen LogP contribution is -2.20. The fraction of sp³-hybridized carbons (Fsp3) is 0.500. The number of benzene rings is 1. The number of aromatic amines is 1. The van der Waals surface area contributed by atoms with Gasteiger partial charge in [0.15, 0.2) is 5.82 Å². The molecule has 34 heavy (non-hydrogen) atoms. The number of primary sulfonamides is 1. The maximum atomic E-state index is 12.9. The lowest BCUT2D eigenvalue weighted by atomic mass is 9.79. The number of H-pyrrole nitrogens is 1. The Labute approximate surface area is 200 Å². The van der Waals surface area contributed by atoms with Crippen molar-refractivity contribution in [1.29, 1.82) is 0 Å². The Kier molecular flexibility index (Phi) is 6.46. The molecular formula is C24H31N7O2S. The summed E-state index contributed by atoms with van der Waals surface area (Å²) in [5.74, 6) is 1.83. The molecule has 0 spiro atoms. The van der Waals surface area contributed by atoms with Gasteiger partial charge in [0.2, 0.25) is 10.0 Å². The molecule has 10 heteroatoms. The Balaban J connectivity index is 1.59. The SMILES string of the molecule is C[C@H]1CC[C@@H](Cc2ccc(-c3ccc(C4CCNC4)nc3)c(-c3nnn[nH]3)c2S(N)(=O)=O)CC1. The zero-order valence-electron chi connectivity index (χ0n) is 19.4. The van der Waals surface area contributed by atoms with E-state index >= 15 is 0 Å². The van der Waals surface area contributed by atoms with Crippen molar-refractivity contribution >= 4 is 10.0 Å². The quantitative estimate of drug-likeness (QED) is 0.492. The van der Waals surface area contributed by atoms with Gasteiger partial charge in [-0.05, 0) is 71.7 Å². The molecule has 1 saturated carbocycles. The summed E-state index contributed by atoms with van der Waals surface area (Å²) in [6.07, 6.45) is 8.04. The van der Waals surface area contributed by atoms with Crippen molar-refractivity contribution in [1.82, 2.24) is 30.9 Å². The second kappa shape index (κ2) is 9.52. The molecule has 1 atom stereocenters. The zero-order valence-corrected chi connectivity index (χ0v) is 20.2. The van der Waals surface area contributed by atoms with E-state index in [4.69, 9.17) is 10.1 Å². The molecule has 1 saturated heterocycles. The van der Waals surface area contributed by atoms with E-state index in [1.807, 2.05) is 24.3 Å². The molecule has 3 heterocycles. The Morgan fingerprint density at radius 1 is 1.09 bits per heavy atom. The van der Waals surface area contributed by atoms with Gasteiger partial charge in [-0.1, -0.05) is 38.0 Å². The van der Waals surface area contributed by atoms with Crippen LogP contribution in [0.2, 0.25) is 0 Å². The highest BCUT2D eigenvalue weighted by molar-refractivity contribution is 7.89. The molecule has 5 rings (SSSR count). The molecule has 3 aromatic rings. The van der Waals surface area contributed by atoms with Gasteiger partial charge in [-0.3, -0.25) is 4.98 Å². The predicted molar refractivity (Wildman–Crippen MR) is 129 cm³/mol. The van der Waals surface area contributed by atoms with Gasteiger partial charge >= 0.3 is 0 Å². The Morgan fingerprint density at radius 3 is 2.53 bits per heavy atom. The number of tetrazole rings is 1. The first-order valence-electron chi connectivity index (χ1n) is 12.0. The number of hydrogen-bond donors (Lipinski definition) is 3. The van der Waals surface area contributed by atoms with Gasteiger partial charge in [-0.2, -0.15) is 0 Å². The number of rotatable bonds is 6. The van der Waals surface area contributed by atoms with E-state index in [-0.39, 0.29) is 10.7 Å². The maximum Gasteiger partial charge on any atom is 0.239 e. The van der Waals surface area contributed by atoms with Gasteiger partial charge in [0.05, 0.1) is 4.90 Å². The normalized spacial score (nSPS) is 23.3. The lowest BCUT2D eigenvalue weighted by Gasteiger charge is -2.27. The molecule has 2 fully saturated rings. The summed E-state index contributed by atoms with van der Waals surface area (Å²) in [7, 11) is -4.05. The number of nitrogens with zero attached hydrogens (tertiary/aromatic N) is 4. The molecule has 1 aromatic carbocycles. The molecule has 9 nitrogen and oxygen atoms in total. The number of pyridine rings is 1. The highest BCUT2D eigenvalue weighted by Crippen LogP contribution is 2.39. The van der Waals surface area contributed by atoms with Crippen LogP contribution in [0.15, 0.2) is 35.4 Å². The first-order chi connectivity index (χ1) is 16.4. The molecule has 0 bridgehead atoms. The van der Waals surface area contributed by atoms with Crippen LogP contribution < -0.4 is 10.5 Å². The van der Waals surface area contributed by atoms with Gasteiger partial charge < -0.3 is 5.32 Å². The first kappa shape index (κ1) is 23.1. The molecule has 2 aliphatic rings. The standard InChI is InChI=1S/C24H31N7O2S/c1-15-2-4-16(5-3-15)12-17-6-8-20(18-7-9-21(27-14-18)19-10-11-26-13-19)22(23(17)34(25,32)33)24-28-30-31-29-24/h6-9,14-16,19,26H,2-5,10-13H2,1H3,(H2,25,32,33)(H,28,29,30,31)/t15-,16+,19?. The molecule has 1 aliphatic heterocycles. The number of sulfonamides is 1. The first-order valence-corrected chi connectivity index (χ1v) is 13.5. The average molecular weight is 482 g/mol. The van der Waals surface area contributed by atoms with E-state index in [9.17, 15) is 8.42 Å². The minimum atomic E-state index is -4.05. The minimum Gasteiger partial charge on any atom is -0.316 e. The smallest absolute Gasteiger partial charge is 0.239 e.